The molecule has 1 heterocycles. The number of hydrogen-bond acceptors (Lipinski definition) is 5. The van der Waals surface area contributed by atoms with Crippen molar-refractivity contribution in [3.8, 4) is 0 Å². The van der Waals surface area contributed by atoms with Gasteiger partial charge < -0.3 is 10.6 Å². The highest BCUT2D eigenvalue weighted by Crippen LogP contribution is 2.28. The third-order valence-electron chi connectivity index (χ3n) is 5.38. The molecule has 3 rings (SSSR count). The first-order valence-corrected chi connectivity index (χ1v) is 12.4. The van der Waals surface area contributed by atoms with Gasteiger partial charge in [-0.2, -0.15) is 4.31 Å². The van der Waals surface area contributed by atoms with Crippen LogP contribution in [-0.2, 0) is 10.0 Å². The number of nitrogens with one attached hydrogen (secondary N) is 2. The van der Waals surface area contributed by atoms with E-state index < -0.39 is 15.9 Å². The number of sulfonamides is 1. The molecule has 0 spiro atoms. The third-order valence-corrected chi connectivity index (χ3v) is 8.25. The van der Waals surface area contributed by atoms with Gasteiger partial charge in [-0.3, -0.25) is 9.59 Å². The summed E-state index contributed by atoms with van der Waals surface area (Å²) in [5.74, 6) is -0.679. The zero-order valence-electron chi connectivity index (χ0n) is 17.2. The maximum atomic E-state index is 13.1. The molecular weight excluding hydrogens is 422 g/mol. The van der Waals surface area contributed by atoms with Crippen molar-refractivity contribution in [1.29, 1.82) is 0 Å². The average Bonchev–Trinajstić information content (AvgIpc) is 3.22. The Bertz CT molecular complexity index is 994. The molecule has 1 aromatic carbocycles. The summed E-state index contributed by atoms with van der Waals surface area (Å²) in [7, 11) is -2.09. The van der Waals surface area contributed by atoms with Crippen molar-refractivity contribution in [1.82, 2.24) is 9.62 Å². The van der Waals surface area contributed by atoms with Gasteiger partial charge in [0.2, 0.25) is 10.0 Å². The number of benzene rings is 1. The largest absolute Gasteiger partial charge is 0.355 e. The Labute approximate surface area is 181 Å². The van der Waals surface area contributed by atoms with E-state index in [1.807, 2.05) is 6.92 Å². The van der Waals surface area contributed by atoms with Gasteiger partial charge in [-0.25, -0.2) is 8.42 Å². The fourth-order valence-electron chi connectivity index (χ4n) is 3.80. The van der Waals surface area contributed by atoms with Gasteiger partial charge >= 0.3 is 0 Å². The lowest BCUT2D eigenvalue weighted by molar-refractivity contribution is 0.0964. The van der Waals surface area contributed by atoms with Crippen molar-refractivity contribution >= 4 is 38.2 Å². The van der Waals surface area contributed by atoms with Crippen LogP contribution in [0.2, 0.25) is 0 Å². The lowest BCUT2D eigenvalue weighted by Crippen LogP contribution is -2.41. The molecule has 7 nitrogen and oxygen atoms in total. The van der Waals surface area contributed by atoms with Crippen LogP contribution in [0.3, 0.4) is 0 Å². The number of carbonyl (C=O) groups is 2. The minimum absolute atomic E-state index is 0.0405. The second kappa shape index (κ2) is 9.72. The van der Waals surface area contributed by atoms with Crippen LogP contribution in [0.1, 0.15) is 59.7 Å². The van der Waals surface area contributed by atoms with Crippen molar-refractivity contribution in [2.24, 2.45) is 0 Å². The summed E-state index contributed by atoms with van der Waals surface area (Å²) >= 11 is 1.25. The van der Waals surface area contributed by atoms with Gasteiger partial charge in [-0.05, 0) is 48.6 Å². The quantitative estimate of drug-likeness (QED) is 0.674. The maximum absolute atomic E-state index is 13.1. The Morgan fingerprint density at radius 3 is 2.33 bits per heavy atom. The maximum Gasteiger partial charge on any atom is 0.256 e. The lowest BCUT2D eigenvalue weighted by Gasteiger charge is -2.32. The highest BCUT2D eigenvalue weighted by Gasteiger charge is 2.31. The molecule has 1 saturated carbocycles. The van der Waals surface area contributed by atoms with E-state index >= 15 is 0 Å². The van der Waals surface area contributed by atoms with Crippen LogP contribution in [0.5, 0.6) is 0 Å². The first-order chi connectivity index (χ1) is 14.4. The van der Waals surface area contributed by atoms with Crippen molar-refractivity contribution in [2.45, 2.75) is 50.0 Å². The zero-order chi connectivity index (χ0) is 21.7. The van der Waals surface area contributed by atoms with Crippen LogP contribution >= 0.6 is 11.3 Å². The smallest absolute Gasteiger partial charge is 0.256 e. The van der Waals surface area contributed by atoms with Gasteiger partial charge in [0.15, 0.2) is 0 Å². The van der Waals surface area contributed by atoms with Crippen LogP contribution < -0.4 is 10.6 Å². The van der Waals surface area contributed by atoms with Gasteiger partial charge in [-0.15, -0.1) is 11.3 Å². The fraction of sp³-hybridized carbons (Fsp3) is 0.429. The van der Waals surface area contributed by atoms with E-state index in [4.69, 9.17) is 0 Å². The Balaban J connectivity index is 1.76. The van der Waals surface area contributed by atoms with Gasteiger partial charge in [0, 0.05) is 25.2 Å². The van der Waals surface area contributed by atoms with E-state index in [0.29, 0.717) is 22.7 Å². The Morgan fingerprint density at radius 1 is 1.07 bits per heavy atom. The second-order valence-electron chi connectivity index (χ2n) is 7.22. The molecule has 9 heteroatoms. The highest BCUT2D eigenvalue weighted by molar-refractivity contribution is 7.89. The number of anilines is 1. The Kier molecular flexibility index (Phi) is 7.27. The fourth-order valence-corrected chi connectivity index (χ4v) is 6.28. The predicted molar refractivity (Wildman–Crippen MR) is 119 cm³/mol. The second-order valence-corrected chi connectivity index (χ2v) is 10.0. The van der Waals surface area contributed by atoms with Crippen molar-refractivity contribution in [3.05, 3.63) is 46.8 Å². The molecule has 0 aliphatic heterocycles. The minimum atomic E-state index is -3.61. The van der Waals surface area contributed by atoms with E-state index in [0.717, 1.165) is 32.1 Å². The lowest BCUT2D eigenvalue weighted by atomic mass is 9.95. The number of thiophene rings is 1. The molecule has 1 aliphatic carbocycles. The van der Waals surface area contributed by atoms with E-state index in [2.05, 4.69) is 10.6 Å². The molecular formula is C21H27N3O4S2. The van der Waals surface area contributed by atoms with Crippen LogP contribution in [0.25, 0.3) is 0 Å². The first kappa shape index (κ1) is 22.5. The van der Waals surface area contributed by atoms with Crippen LogP contribution in [0.4, 0.5) is 5.00 Å². The summed E-state index contributed by atoms with van der Waals surface area (Å²) in [6.07, 6.45) is 5.04. The molecule has 0 bridgehead atoms. The monoisotopic (exact) mass is 449 g/mol. The summed E-state index contributed by atoms with van der Waals surface area (Å²) in [5, 5.41) is 7.43. The van der Waals surface area contributed by atoms with E-state index in [9.17, 15) is 18.0 Å². The molecule has 2 amide bonds. The number of hydrogen-bond donors (Lipinski definition) is 2. The molecule has 0 radical (unpaired) electrons. The number of rotatable bonds is 7. The normalized spacial score (nSPS) is 15.2. The molecule has 1 aliphatic rings. The highest BCUT2D eigenvalue weighted by atomic mass is 32.2. The number of amides is 2. The van der Waals surface area contributed by atoms with Gasteiger partial charge in [0.05, 0.1) is 10.5 Å². The molecule has 30 heavy (non-hydrogen) atoms. The summed E-state index contributed by atoms with van der Waals surface area (Å²) < 4.78 is 27.9. The standard InChI is InChI=1S/C21H27N3O4S2/c1-3-24(16-7-5-4-6-8-16)30(27,28)17-11-9-15(10-12-17)19(25)23-21-18(13-14-29-21)20(26)22-2/h9-14,16H,3-8H2,1-2H3,(H,22,26)(H,23,25). The molecule has 2 N–H and O–H groups in total. The summed E-state index contributed by atoms with van der Waals surface area (Å²) in [6.45, 7) is 2.29. The van der Waals surface area contributed by atoms with Gasteiger partial charge in [0.25, 0.3) is 11.8 Å². The Morgan fingerprint density at radius 2 is 1.73 bits per heavy atom. The summed E-state index contributed by atoms with van der Waals surface area (Å²) in [4.78, 5) is 24.6. The molecule has 1 fully saturated rings. The van der Waals surface area contributed by atoms with Crippen molar-refractivity contribution in [3.63, 3.8) is 0 Å². The van der Waals surface area contributed by atoms with Crippen molar-refractivity contribution < 1.29 is 18.0 Å². The molecule has 0 unspecified atom stereocenters. The average molecular weight is 450 g/mol. The molecule has 0 atom stereocenters. The van der Waals surface area contributed by atoms with Crippen LogP contribution in [-0.4, -0.2) is 44.2 Å². The summed E-state index contributed by atoms with van der Waals surface area (Å²) in [5.41, 5.74) is 0.715. The SMILES string of the molecule is CCN(C1CCCCC1)S(=O)(=O)c1ccc(C(=O)Nc2sccc2C(=O)NC)cc1. The van der Waals surface area contributed by atoms with Gasteiger partial charge in [0.1, 0.15) is 5.00 Å². The molecule has 2 aromatic rings. The van der Waals surface area contributed by atoms with E-state index in [1.165, 1.54) is 42.6 Å². The van der Waals surface area contributed by atoms with E-state index in [-0.39, 0.29) is 16.8 Å². The first-order valence-electron chi connectivity index (χ1n) is 10.1. The predicted octanol–water partition coefficient (Wildman–Crippen LogP) is 3.70. The minimum Gasteiger partial charge on any atom is -0.355 e. The van der Waals surface area contributed by atoms with Crippen molar-refractivity contribution in [2.75, 3.05) is 18.9 Å². The topological polar surface area (TPSA) is 95.6 Å². The zero-order valence-corrected chi connectivity index (χ0v) is 18.8. The van der Waals surface area contributed by atoms with Gasteiger partial charge in [-0.1, -0.05) is 26.2 Å². The summed E-state index contributed by atoms with van der Waals surface area (Å²) in [6, 6.07) is 7.64. The van der Waals surface area contributed by atoms with E-state index in [1.54, 1.807) is 15.8 Å². The number of carbonyl (C=O) groups excluding carboxylic acids is 2. The Hall–Kier alpha value is -2.23. The third kappa shape index (κ3) is 4.74. The molecule has 1 aromatic heterocycles. The molecule has 162 valence electrons. The molecule has 0 saturated heterocycles. The van der Waals surface area contributed by atoms with Crippen LogP contribution in [0.15, 0.2) is 40.6 Å². The number of nitrogens with zero attached hydrogens (tertiary/aromatic N) is 1. The van der Waals surface area contributed by atoms with Crippen LogP contribution in [0, 0.1) is 0 Å².